The number of halogens is 1. The first-order valence-corrected chi connectivity index (χ1v) is 5.95. The molecule has 84 valence electrons. The minimum Gasteiger partial charge on any atom is -0.329 e. The van der Waals surface area contributed by atoms with E-state index in [1.807, 2.05) is 18.2 Å². The van der Waals surface area contributed by atoms with Gasteiger partial charge in [0.2, 0.25) is 0 Å². The van der Waals surface area contributed by atoms with Crippen molar-refractivity contribution < 1.29 is 0 Å². The predicted octanol–water partition coefficient (Wildman–Crippen LogP) is 2.84. The standard InChI is InChI=1S/C12H19BrN2/c1-12(2,3)15-11(8-14)9-6-4-5-7-10(9)13/h4-7,11,15H,8,14H2,1-3H3. The Morgan fingerprint density at radius 3 is 2.40 bits per heavy atom. The van der Waals surface area contributed by atoms with E-state index in [0.717, 1.165) is 4.47 Å². The summed E-state index contributed by atoms with van der Waals surface area (Å²) in [6, 6.07) is 8.38. The van der Waals surface area contributed by atoms with Gasteiger partial charge >= 0.3 is 0 Å². The highest BCUT2D eigenvalue weighted by atomic mass is 79.9. The molecule has 3 heteroatoms. The Bertz CT molecular complexity index is 318. The van der Waals surface area contributed by atoms with E-state index < -0.39 is 0 Å². The van der Waals surface area contributed by atoms with E-state index >= 15 is 0 Å². The quantitative estimate of drug-likeness (QED) is 0.887. The summed E-state index contributed by atoms with van der Waals surface area (Å²) in [5, 5.41) is 3.51. The highest BCUT2D eigenvalue weighted by Gasteiger charge is 2.18. The normalized spacial score (nSPS) is 13.9. The van der Waals surface area contributed by atoms with Crippen LogP contribution in [0.25, 0.3) is 0 Å². The molecule has 1 aromatic carbocycles. The molecule has 0 amide bonds. The average molecular weight is 271 g/mol. The molecule has 0 radical (unpaired) electrons. The summed E-state index contributed by atoms with van der Waals surface area (Å²) in [6.07, 6.45) is 0. The molecule has 0 aliphatic carbocycles. The SMILES string of the molecule is CC(C)(C)NC(CN)c1ccccc1Br. The van der Waals surface area contributed by atoms with Crippen molar-refractivity contribution in [1.82, 2.24) is 5.32 Å². The van der Waals surface area contributed by atoms with E-state index in [2.05, 4.69) is 48.1 Å². The lowest BCUT2D eigenvalue weighted by molar-refractivity contribution is 0.366. The van der Waals surface area contributed by atoms with Crippen LogP contribution in [0.15, 0.2) is 28.7 Å². The average Bonchev–Trinajstić information content (AvgIpc) is 2.14. The molecule has 1 rings (SSSR count). The molecule has 0 saturated carbocycles. The zero-order chi connectivity index (χ0) is 11.5. The molecule has 0 saturated heterocycles. The molecule has 15 heavy (non-hydrogen) atoms. The van der Waals surface area contributed by atoms with Crippen LogP contribution in [0.5, 0.6) is 0 Å². The van der Waals surface area contributed by atoms with E-state index in [0.29, 0.717) is 6.54 Å². The van der Waals surface area contributed by atoms with Crippen molar-refractivity contribution in [2.45, 2.75) is 32.4 Å². The minimum absolute atomic E-state index is 0.0688. The largest absolute Gasteiger partial charge is 0.329 e. The Labute approximate surface area is 100 Å². The lowest BCUT2D eigenvalue weighted by atomic mass is 10.0. The number of benzene rings is 1. The molecule has 0 heterocycles. The van der Waals surface area contributed by atoms with E-state index in [1.54, 1.807) is 0 Å². The van der Waals surface area contributed by atoms with Gasteiger partial charge in [0.05, 0.1) is 0 Å². The van der Waals surface area contributed by atoms with E-state index in [-0.39, 0.29) is 11.6 Å². The number of hydrogen-bond acceptors (Lipinski definition) is 2. The molecule has 0 bridgehead atoms. The van der Waals surface area contributed by atoms with Crippen LogP contribution in [0.2, 0.25) is 0 Å². The number of hydrogen-bond donors (Lipinski definition) is 2. The summed E-state index contributed by atoms with van der Waals surface area (Å²) in [5.41, 5.74) is 7.08. The molecule has 1 aromatic rings. The zero-order valence-electron chi connectivity index (χ0n) is 9.55. The minimum atomic E-state index is 0.0688. The van der Waals surface area contributed by atoms with Crippen molar-refractivity contribution in [3.05, 3.63) is 34.3 Å². The predicted molar refractivity (Wildman–Crippen MR) is 68.8 cm³/mol. The number of nitrogens with two attached hydrogens (primary N) is 1. The van der Waals surface area contributed by atoms with Crippen LogP contribution in [-0.4, -0.2) is 12.1 Å². The second-order valence-electron chi connectivity index (χ2n) is 4.70. The fraction of sp³-hybridized carbons (Fsp3) is 0.500. The molecule has 0 fully saturated rings. The smallest absolute Gasteiger partial charge is 0.0459 e. The monoisotopic (exact) mass is 270 g/mol. The van der Waals surface area contributed by atoms with Gasteiger partial charge in [0.25, 0.3) is 0 Å². The van der Waals surface area contributed by atoms with Crippen molar-refractivity contribution in [2.75, 3.05) is 6.54 Å². The third kappa shape index (κ3) is 3.93. The molecule has 0 aliphatic heterocycles. The summed E-state index contributed by atoms with van der Waals surface area (Å²) >= 11 is 3.55. The van der Waals surface area contributed by atoms with Crippen molar-refractivity contribution in [2.24, 2.45) is 5.73 Å². The first-order chi connectivity index (χ1) is 6.94. The van der Waals surface area contributed by atoms with Gasteiger partial charge in [-0.25, -0.2) is 0 Å². The van der Waals surface area contributed by atoms with Crippen LogP contribution in [-0.2, 0) is 0 Å². The van der Waals surface area contributed by atoms with Gasteiger partial charge in [0.1, 0.15) is 0 Å². The molecule has 3 N–H and O–H groups in total. The van der Waals surface area contributed by atoms with Gasteiger partial charge in [0.15, 0.2) is 0 Å². The summed E-state index contributed by atoms with van der Waals surface area (Å²) in [5.74, 6) is 0. The Kier molecular flexibility index (Phi) is 4.32. The highest BCUT2D eigenvalue weighted by Crippen LogP contribution is 2.24. The lowest BCUT2D eigenvalue weighted by Crippen LogP contribution is -2.41. The summed E-state index contributed by atoms with van der Waals surface area (Å²) in [7, 11) is 0. The molecule has 0 aromatic heterocycles. The van der Waals surface area contributed by atoms with Crippen molar-refractivity contribution in [3.8, 4) is 0 Å². The van der Waals surface area contributed by atoms with Crippen LogP contribution in [0, 0.1) is 0 Å². The number of rotatable bonds is 3. The summed E-state index contributed by atoms with van der Waals surface area (Å²) in [6.45, 7) is 7.03. The fourth-order valence-electron chi connectivity index (χ4n) is 1.54. The van der Waals surface area contributed by atoms with Crippen LogP contribution in [0.1, 0.15) is 32.4 Å². The van der Waals surface area contributed by atoms with Gasteiger partial charge in [-0.1, -0.05) is 34.1 Å². The Hall–Kier alpha value is -0.380. The Balaban J connectivity index is 2.88. The maximum atomic E-state index is 5.80. The Morgan fingerprint density at radius 2 is 1.93 bits per heavy atom. The zero-order valence-corrected chi connectivity index (χ0v) is 11.1. The van der Waals surface area contributed by atoms with Crippen molar-refractivity contribution in [3.63, 3.8) is 0 Å². The van der Waals surface area contributed by atoms with E-state index in [4.69, 9.17) is 5.73 Å². The van der Waals surface area contributed by atoms with Crippen LogP contribution in [0.3, 0.4) is 0 Å². The molecular formula is C12H19BrN2. The maximum absolute atomic E-state index is 5.80. The van der Waals surface area contributed by atoms with Gasteiger partial charge < -0.3 is 11.1 Å². The lowest BCUT2D eigenvalue weighted by Gasteiger charge is -2.28. The van der Waals surface area contributed by atoms with Crippen LogP contribution >= 0.6 is 15.9 Å². The second-order valence-corrected chi connectivity index (χ2v) is 5.56. The van der Waals surface area contributed by atoms with Gasteiger partial charge in [-0.2, -0.15) is 0 Å². The van der Waals surface area contributed by atoms with Crippen molar-refractivity contribution in [1.29, 1.82) is 0 Å². The molecule has 1 unspecified atom stereocenters. The third-order valence-electron chi connectivity index (χ3n) is 2.12. The van der Waals surface area contributed by atoms with Crippen LogP contribution < -0.4 is 11.1 Å². The second kappa shape index (κ2) is 5.10. The fourth-order valence-corrected chi connectivity index (χ4v) is 2.11. The van der Waals surface area contributed by atoms with Gasteiger partial charge in [-0.3, -0.25) is 0 Å². The third-order valence-corrected chi connectivity index (χ3v) is 2.85. The van der Waals surface area contributed by atoms with Gasteiger partial charge in [-0.05, 0) is 32.4 Å². The molecule has 0 spiro atoms. The van der Waals surface area contributed by atoms with Crippen molar-refractivity contribution >= 4 is 15.9 Å². The first kappa shape index (κ1) is 12.7. The van der Waals surface area contributed by atoms with Gasteiger partial charge in [0, 0.05) is 22.6 Å². The van der Waals surface area contributed by atoms with E-state index in [1.165, 1.54) is 5.56 Å². The topological polar surface area (TPSA) is 38.0 Å². The van der Waals surface area contributed by atoms with E-state index in [9.17, 15) is 0 Å². The summed E-state index contributed by atoms with van der Waals surface area (Å²) in [4.78, 5) is 0. The summed E-state index contributed by atoms with van der Waals surface area (Å²) < 4.78 is 1.11. The van der Waals surface area contributed by atoms with Gasteiger partial charge in [-0.15, -0.1) is 0 Å². The highest BCUT2D eigenvalue weighted by molar-refractivity contribution is 9.10. The molecule has 0 aliphatic rings. The Morgan fingerprint density at radius 1 is 1.33 bits per heavy atom. The first-order valence-electron chi connectivity index (χ1n) is 5.16. The molecular weight excluding hydrogens is 252 g/mol. The molecule has 2 nitrogen and oxygen atoms in total. The maximum Gasteiger partial charge on any atom is 0.0459 e. The molecule has 1 atom stereocenters. The van der Waals surface area contributed by atoms with Crippen LogP contribution in [0.4, 0.5) is 0 Å². The number of nitrogens with one attached hydrogen (secondary N) is 1.